The summed E-state index contributed by atoms with van der Waals surface area (Å²) in [5.74, 6) is 0.229. The summed E-state index contributed by atoms with van der Waals surface area (Å²) in [6, 6.07) is 6.93. The van der Waals surface area contributed by atoms with Gasteiger partial charge in [-0.2, -0.15) is 5.10 Å². The highest BCUT2D eigenvalue weighted by Gasteiger charge is 2.28. The van der Waals surface area contributed by atoms with E-state index in [2.05, 4.69) is 36.8 Å². The van der Waals surface area contributed by atoms with Crippen molar-refractivity contribution in [2.24, 2.45) is 5.10 Å². The molecule has 0 saturated heterocycles. The fourth-order valence-electron chi connectivity index (χ4n) is 3.66. The molecule has 9 heteroatoms. The maximum atomic E-state index is 12.9. The largest absolute Gasteiger partial charge is 0.455 e. The molecular weight excluding hydrogens is 496 g/mol. The number of carbonyl (C=O) groups is 2. The Morgan fingerprint density at radius 1 is 1.16 bits per heavy atom. The zero-order valence-electron chi connectivity index (χ0n) is 17.5. The van der Waals surface area contributed by atoms with Crippen molar-refractivity contribution in [3.05, 3.63) is 79.9 Å². The number of pyridine rings is 1. The van der Waals surface area contributed by atoms with Gasteiger partial charge in [0.15, 0.2) is 5.76 Å². The van der Waals surface area contributed by atoms with Gasteiger partial charge < -0.3 is 9.73 Å². The standard InChI is InChI=1S/C23H20BrClN4O3/c1-12-8-16(25)6-7-17(12)27-23(31)21-13(2)20-18(4-3-5-19(20)32-21)28-29-22(30)14-9-15(24)11-26-10-14/h6-11H,3-5H2,1-2H3,(H,27,31)(H,29,30)/b28-18+. The van der Waals surface area contributed by atoms with Crippen LogP contribution in [-0.2, 0) is 6.42 Å². The van der Waals surface area contributed by atoms with Crippen LogP contribution in [0.15, 0.2) is 50.7 Å². The molecule has 3 aromatic rings. The van der Waals surface area contributed by atoms with Gasteiger partial charge in [-0.3, -0.25) is 14.6 Å². The maximum Gasteiger partial charge on any atom is 0.291 e. The van der Waals surface area contributed by atoms with Crippen molar-refractivity contribution in [3.63, 3.8) is 0 Å². The Hall–Kier alpha value is -2.97. The van der Waals surface area contributed by atoms with E-state index in [-0.39, 0.29) is 17.6 Å². The molecule has 1 aromatic carbocycles. The number of nitrogens with zero attached hydrogens (tertiary/aromatic N) is 2. The quantitative estimate of drug-likeness (QED) is 0.453. The van der Waals surface area contributed by atoms with E-state index in [1.165, 1.54) is 6.20 Å². The predicted molar refractivity (Wildman–Crippen MR) is 126 cm³/mol. The van der Waals surface area contributed by atoms with Gasteiger partial charge in [0.2, 0.25) is 0 Å². The number of amides is 2. The number of carbonyl (C=O) groups excluding carboxylic acids is 2. The van der Waals surface area contributed by atoms with Gasteiger partial charge in [-0.15, -0.1) is 0 Å². The number of benzene rings is 1. The van der Waals surface area contributed by atoms with Gasteiger partial charge in [-0.25, -0.2) is 5.43 Å². The number of anilines is 1. The number of rotatable bonds is 4. The van der Waals surface area contributed by atoms with Crippen molar-refractivity contribution in [2.45, 2.75) is 33.1 Å². The number of hydrazone groups is 1. The molecule has 0 bridgehead atoms. The summed E-state index contributed by atoms with van der Waals surface area (Å²) in [5.41, 5.74) is 6.66. The Morgan fingerprint density at radius 3 is 2.72 bits per heavy atom. The molecule has 0 saturated carbocycles. The van der Waals surface area contributed by atoms with Gasteiger partial charge in [0.05, 0.1) is 11.3 Å². The molecule has 7 nitrogen and oxygen atoms in total. The fraction of sp³-hybridized carbons (Fsp3) is 0.217. The highest BCUT2D eigenvalue weighted by molar-refractivity contribution is 9.10. The second kappa shape index (κ2) is 9.26. The average molecular weight is 516 g/mol. The molecule has 4 rings (SSSR count). The van der Waals surface area contributed by atoms with E-state index in [4.69, 9.17) is 16.0 Å². The fourth-order valence-corrected chi connectivity index (χ4v) is 4.25. The molecule has 2 aromatic heterocycles. The summed E-state index contributed by atoms with van der Waals surface area (Å²) < 4.78 is 6.63. The highest BCUT2D eigenvalue weighted by atomic mass is 79.9. The number of furan rings is 1. The van der Waals surface area contributed by atoms with E-state index in [0.717, 1.165) is 17.5 Å². The zero-order valence-corrected chi connectivity index (χ0v) is 19.8. The Morgan fingerprint density at radius 2 is 1.97 bits per heavy atom. The summed E-state index contributed by atoms with van der Waals surface area (Å²) in [6.07, 6.45) is 5.25. The second-order valence-electron chi connectivity index (χ2n) is 7.51. The third-order valence-corrected chi connectivity index (χ3v) is 5.90. The molecule has 2 amide bonds. The van der Waals surface area contributed by atoms with Crippen molar-refractivity contribution >= 4 is 50.7 Å². The van der Waals surface area contributed by atoms with Gasteiger partial charge in [-0.05, 0) is 72.4 Å². The minimum absolute atomic E-state index is 0.237. The summed E-state index contributed by atoms with van der Waals surface area (Å²) in [5, 5.41) is 7.83. The Bertz CT molecular complexity index is 1250. The maximum absolute atomic E-state index is 12.9. The minimum atomic E-state index is -0.365. The van der Waals surface area contributed by atoms with Crippen molar-refractivity contribution in [3.8, 4) is 0 Å². The van der Waals surface area contributed by atoms with Crippen LogP contribution in [0.1, 0.15) is 56.2 Å². The second-order valence-corrected chi connectivity index (χ2v) is 8.86. The lowest BCUT2D eigenvalue weighted by Gasteiger charge is -2.13. The topological polar surface area (TPSA) is 96.6 Å². The number of hydrogen-bond acceptors (Lipinski definition) is 5. The van der Waals surface area contributed by atoms with Gasteiger partial charge >= 0.3 is 0 Å². The number of hydrogen-bond donors (Lipinski definition) is 2. The van der Waals surface area contributed by atoms with Gasteiger partial charge in [0.1, 0.15) is 5.76 Å². The van der Waals surface area contributed by atoms with Crippen LogP contribution >= 0.6 is 27.5 Å². The monoisotopic (exact) mass is 514 g/mol. The summed E-state index contributed by atoms with van der Waals surface area (Å²) in [6.45, 7) is 3.70. The molecule has 164 valence electrons. The average Bonchev–Trinajstić information content (AvgIpc) is 3.11. The Kier molecular flexibility index (Phi) is 6.43. The van der Waals surface area contributed by atoms with Crippen molar-refractivity contribution in [2.75, 3.05) is 5.32 Å². The lowest BCUT2D eigenvalue weighted by Crippen LogP contribution is -2.22. The van der Waals surface area contributed by atoms with Gasteiger partial charge in [0, 0.05) is 45.1 Å². The van der Waals surface area contributed by atoms with Crippen LogP contribution in [0.3, 0.4) is 0 Å². The smallest absolute Gasteiger partial charge is 0.291 e. The van der Waals surface area contributed by atoms with E-state index in [1.807, 2.05) is 13.8 Å². The minimum Gasteiger partial charge on any atom is -0.455 e. The molecule has 2 heterocycles. The Balaban J connectivity index is 1.57. The lowest BCUT2D eigenvalue weighted by molar-refractivity contribution is 0.0953. The summed E-state index contributed by atoms with van der Waals surface area (Å²) >= 11 is 9.30. The zero-order chi connectivity index (χ0) is 22.8. The van der Waals surface area contributed by atoms with E-state index in [0.29, 0.717) is 50.6 Å². The van der Waals surface area contributed by atoms with Crippen LogP contribution in [0.4, 0.5) is 5.69 Å². The number of aryl methyl sites for hydroxylation is 2. The Labute approximate surface area is 198 Å². The third kappa shape index (κ3) is 4.61. The van der Waals surface area contributed by atoms with E-state index < -0.39 is 0 Å². The first-order valence-corrected chi connectivity index (χ1v) is 11.2. The molecule has 0 spiro atoms. The summed E-state index contributed by atoms with van der Waals surface area (Å²) in [4.78, 5) is 29.3. The van der Waals surface area contributed by atoms with E-state index in [1.54, 1.807) is 30.5 Å². The van der Waals surface area contributed by atoms with Crippen LogP contribution in [0, 0.1) is 13.8 Å². The first-order chi connectivity index (χ1) is 15.3. The van der Waals surface area contributed by atoms with Crippen molar-refractivity contribution in [1.29, 1.82) is 0 Å². The molecule has 0 radical (unpaired) electrons. The summed E-state index contributed by atoms with van der Waals surface area (Å²) in [7, 11) is 0. The number of halogens is 2. The number of nitrogens with one attached hydrogen (secondary N) is 2. The van der Waals surface area contributed by atoms with Crippen LogP contribution in [-0.4, -0.2) is 22.5 Å². The van der Waals surface area contributed by atoms with Crippen molar-refractivity contribution < 1.29 is 14.0 Å². The molecule has 32 heavy (non-hydrogen) atoms. The van der Waals surface area contributed by atoms with E-state index in [9.17, 15) is 9.59 Å². The molecule has 0 atom stereocenters. The van der Waals surface area contributed by atoms with Crippen LogP contribution in [0.25, 0.3) is 0 Å². The number of aromatic nitrogens is 1. The van der Waals surface area contributed by atoms with Crippen molar-refractivity contribution in [1.82, 2.24) is 10.4 Å². The predicted octanol–water partition coefficient (Wildman–Crippen LogP) is 5.43. The van der Waals surface area contributed by atoms with Crippen LogP contribution in [0.2, 0.25) is 5.02 Å². The van der Waals surface area contributed by atoms with Crippen LogP contribution < -0.4 is 10.7 Å². The molecule has 1 aliphatic carbocycles. The molecule has 0 unspecified atom stereocenters. The van der Waals surface area contributed by atoms with Crippen LogP contribution in [0.5, 0.6) is 0 Å². The molecule has 0 aliphatic heterocycles. The number of fused-ring (bicyclic) bond motifs is 1. The normalized spacial score (nSPS) is 14.2. The lowest BCUT2D eigenvalue weighted by atomic mass is 9.93. The SMILES string of the molecule is Cc1cc(Cl)ccc1NC(=O)c1oc2c(c1C)/C(=N/NC(=O)c1cncc(Br)c1)CCC2. The molecule has 2 N–H and O–H groups in total. The van der Waals surface area contributed by atoms with E-state index >= 15 is 0 Å². The molecule has 1 aliphatic rings. The molecule has 0 fully saturated rings. The molecular formula is C23H20BrClN4O3. The van der Waals surface area contributed by atoms with Gasteiger partial charge in [-0.1, -0.05) is 11.6 Å². The first-order valence-electron chi connectivity index (χ1n) is 10.0. The van der Waals surface area contributed by atoms with Gasteiger partial charge in [0.25, 0.3) is 11.8 Å². The highest BCUT2D eigenvalue weighted by Crippen LogP contribution is 2.31. The first kappa shape index (κ1) is 22.2. The third-order valence-electron chi connectivity index (χ3n) is 5.23.